The molecule has 0 atom stereocenters. The molecule has 25 heavy (non-hydrogen) atoms. The third-order valence-electron chi connectivity index (χ3n) is 4.30. The fourth-order valence-electron chi connectivity index (χ4n) is 2.56. The molecule has 1 saturated heterocycles. The third kappa shape index (κ3) is 3.67. The molecule has 0 bridgehead atoms. The third-order valence-corrected chi connectivity index (χ3v) is 6.39. The number of rotatable bonds is 6. The molecule has 1 aliphatic heterocycles. The Kier molecular flexibility index (Phi) is 4.43. The van der Waals surface area contributed by atoms with Crippen LogP contribution in [0.25, 0.3) is 0 Å². The molecule has 1 aliphatic carbocycles. The molecule has 4 rings (SSSR count). The topological polar surface area (TPSA) is 67.4 Å². The van der Waals surface area contributed by atoms with Crippen LogP contribution in [0.1, 0.15) is 22.5 Å². The molecular formula is C18H18N2O3S2. The molecule has 2 aromatic rings. The minimum Gasteiger partial charge on any atom is -0.489 e. The lowest BCUT2D eigenvalue weighted by Gasteiger charge is -2.25. The molecule has 1 saturated carbocycles. The van der Waals surface area contributed by atoms with Crippen molar-refractivity contribution in [2.45, 2.75) is 24.5 Å². The van der Waals surface area contributed by atoms with Gasteiger partial charge < -0.3 is 15.4 Å². The Morgan fingerprint density at radius 2 is 1.88 bits per heavy atom. The van der Waals surface area contributed by atoms with Gasteiger partial charge >= 0.3 is 0 Å². The molecular weight excluding hydrogens is 356 g/mol. The second kappa shape index (κ2) is 6.72. The van der Waals surface area contributed by atoms with Crippen LogP contribution in [0.4, 0.5) is 5.69 Å². The van der Waals surface area contributed by atoms with Crippen LogP contribution >= 0.6 is 23.1 Å². The molecule has 1 aromatic heterocycles. The number of carbonyl (C=O) groups excluding carboxylic acids is 2. The largest absolute Gasteiger partial charge is 0.489 e. The first-order chi connectivity index (χ1) is 12.1. The number of hydrogen-bond acceptors (Lipinski definition) is 5. The van der Waals surface area contributed by atoms with E-state index in [0.29, 0.717) is 29.5 Å². The van der Waals surface area contributed by atoms with Crippen LogP contribution in [-0.4, -0.2) is 35.0 Å². The zero-order valence-electron chi connectivity index (χ0n) is 13.5. The average molecular weight is 374 g/mol. The average Bonchev–Trinajstić information content (AvgIpc) is 3.14. The minimum absolute atomic E-state index is 0.165. The van der Waals surface area contributed by atoms with E-state index in [1.807, 2.05) is 47.5 Å². The van der Waals surface area contributed by atoms with Crippen LogP contribution in [-0.2, 0) is 4.79 Å². The first kappa shape index (κ1) is 16.5. The van der Waals surface area contributed by atoms with Crippen LogP contribution < -0.4 is 15.4 Å². The van der Waals surface area contributed by atoms with E-state index >= 15 is 0 Å². The molecule has 2 fully saturated rings. The van der Waals surface area contributed by atoms with Gasteiger partial charge in [-0.1, -0.05) is 6.07 Å². The second-order valence-corrected chi connectivity index (χ2v) is 8.29. The van der Waals surface area contributed by atoms with Crippen molar-refractivity contribution in [2.24, 2.45) is 0 Å². The van der Waals surface area contributed by atoms with Crippen LogP contribution in [0.5, 0.6) is 5.75 Å². The van der Waals surface area contributed by atoms with Crippen molar-refractivity contribution in [1.82, 2.24) is 5.32 Å². The maximum atomic E-state index is 12.6. The lowest BCUT2D eigenvalue weighted by molar-refractivity contribution is -0.118. The van der Waals surface area contributed by atoms with E-state index in [2.05, 4.69) is 10.6 Å². The summed E-state index contributed by atoms with van der Waals surface area (Å²) in [6.45, 7) is 0. The molecule has 5 nitrogen and oxygen atoms in total. The summed E-state index contributed by atoms with van der Waals surface area (Å²) >= 11 is 3.24. The summed E-state index contributed by atoms with van der Waals surface area (Å²) in [7, 11) is 0. The van der Waals surface area contributed by atoms with Crippen molar-refractivity contribution in [3.8, 4) is 5.75 Å². The van der Waals surface area contributed by atoms with Gasteiger partial charge in [-0.2, -0.15) is 11.8 Å². The van der Waals surface area contributed by atoms with Gasteiger partial charge in [-0.25, -0.2) is 0 Å². The Morgan fingerprint density at radius 3 is 2.44 bits per heavy atom. The number of ether oxygens (including phenoxy) is 1. The van der Waals surface area contributed by atoms with E-state index in [-0.39, 0.29) is 11.8 Å². The predicted octanol–water partition coefficient (Wildman–Crippen LogP) is 3.14. The van der Waals surface area contributed by atoms with Gasteiger partial charge in [-0.15, -0.1) is 11.3 Å². The number of hydrogen-bond donors (Lipinski definition) is 2. The van der Waals surface area contributed by atoms with Gasteiger partial charge in [0, 0.05) is 17.2 Å². The van der Waals surface area contributed by atoms with Gasteiger partial charge in [0.15, 0.2) is 0 Å². The molecule has 0 radical (unpaired) electrons. The minimum atomic E-state index is -0.778. The summed E-state index contributed by atoms with van der Waals surface area (Å²) in [6, 6.07) is 11.0. The van der Waals surface area contributed by atoms with Crippen LogP contribution in [0.15, 0.2) is 41.8 Å². The quantitative estimate of drug-likeness (QED) is 0.815. The standard InChI is InChI=1S/C18H18N2O3S2/c21-16(15-2-1-9-25-15)20-18(7-8-18)17(22)19-12-3-5-13(6-4-12)23-14-10-24-11-14/h1-6,9,14H,7-8,10-11H2,(H,19,22)(H,20,21). The van der Waals surface area contributed by atoms with E-state index in [1.54, 1.807) is 6.07 Å². The molecule has 2 aliphatic rings. The Balaban J connectivity index is 1.35. The molecule has 2 amide bonds. The Hall–Kier alpha value is -1.99. The summed E-state index contributed by atoms with van der Waals surface area (Å²) in [4.78, 5) is 25.4. The van der Waals surface area contributed by atoms with Crippen LogP contribution in [0.3, 0.4) is 0 Å². The van der Waals surface area contributed by atoms with Crippen molar-refractivity contribution in [1.29, 1.82) is 0 Å². The molecule has 0 spiro atoms. The van der Waals surface area contributed by atoms with Gasteiger partial charge in [0.05, 0.1) is 4.88 Å². The number of carbonyl (C=O) groups is 2. The summed E-state index contributed by atoms with van der Waals surface area (Å²) in [6.07, 6.45) is 1.63. The summed E-state index contributed by atoms with van der Waals surface area (Å²) < 4.78 is 5.79. The zero-order valence-corrected chi connectivity index (χ0v) is 15.1. The van der Waals surface area contributed by atoms with E-state index in [9.17, 15) is 9.59 Å². The van der Waals surface area contributed by atoms with Crippen LogP contribution in [0.2, 0.25) is 0 Å². The Labute approximate surface area is 154 Å². The second-order valence-electron chi connectivity index (χ2n) is 6.27. The maximum absolute atomic E-state index is 12.6. The van der Waals surface area contributed by atoms with Gasteiger partial charge in [-0.3, -0.25) is 9.59 Å². The fraction of sp³-hybridized carbons (Fsp3) is 0.333. The first-order valence-electron chi connectivity index (χ1n) is 8.17. The van der Waals surface area contributed by atoms with Crippen molar-refractivity contribution in [2.75, 3.05) is 16.8 Å². The number of nitrogens with one attached hydrogen (secondary N) is 2. The van der Waals surface area contributed by atoms with E-state index < -0.39 is 5.54 Å². The molecule has 1 aromatic carbocycles. The highest BCUT2D eigenvalue weighted by Crippen LogP contribution is 2.37. The van der Waals surface area contributed by atoms with Gasteiger partial charge in [-0.05, 0) is 48.6 Å². The van der Waals surface area contributed by atoms with Crippen molar-refractivity contribution < 1.29 is 14.3 Å². The highest BCUT2D eigenvalue weighted by Gasteiger charge is 2.51. The van der Waals surface area contributed by atoms with Crippen LogP contribution in [0, 0.1) is 0 Å². The normalized spacial score (nSPS) is 18.1. The molecule has 130 valence electrons. The van der Waals surface area contributed by atoms with Crippen molar-refractivity contribution in [3.05, 3.63) is 46.7 Å². The van der Waals surface area contributed by atoms with E-state index in [4.69, 9.17) is 4.74 Å². The highest BCUT2D eigenvalue weighted by atomic mass is 32.2. The van der Waals surface area contributed by atoms with Crippen molar-refractivity contribution in [3.63, 3.8) is 0 Å². The SMILES string of the molecule is O=C(NC1(C(=O)Nc2ccc(OC3CSC3)cc2)CC1)c1cccs1. The summed E-state index contributed by atoms with van der Waals surface area (Å²) in [5.41, 5.74) is -0.0728. The lowest BCUT2D eigenvalue weighted by Crippen LogP contribution is -2.45. The lowest BCUT2D eigenvalue weighted by atomic mass is 10.2. The zero-order chi connectivity index (χ0) is 17.3. The van der Waals surface area contributed by atoms with Gasteiger partial charge in [0.1, 0.15) is 17.4 Å². The molecule has 2 N–H and O–H groups in total. The Morgan fingerprint density at radius 1 is 1.12 bits per heavy atom. The number of thiophene rings is 1. The van der Waals surface area contributed by atoms with E-state index in [1.165, 1.54) is 11.3 Å². The maximum Gasteiger partial charge on any atom is 0.262 e. The summed E-state index contributed by atoms with van der Waals surface area (Å²) in [5, 5.41) is 7.62. The Bertz CT molecular complexity index is 766. The summed E-state index contributed by atoms with van der Waals surface area (Å²) in [5.74, 6) is 2.53. The number of thioether (sulfide) groups is 1. The monoisotopic (exact) mass is 374 g/mol. The smallest absolute Gasteiger partial charge is 0.262 e. The molecule has 2 heterocycles. The highest BCUT2D eigenvalue weighted by molar-refractivity contribution is 8.00. The molecule has 0 unspecified atom stereocenters. The fourth-order valence-corrected chi connectivity index (χ4v) is 3.75. The predicted molar refractivity (Wildman–Crippen MR) is 101 cm³/mol. The number of anilines is 1. The van der Waals surface area contributed by atoms with E-state index in [0.717, 1.165) is 17.3 Å². The van der Waals surface area contributed by atoms with Gasteiger partial charge in [0.25, 0.3) is 5.91 Å². The first-order valence-corrected chi connectivity index (χ1v) is 10.2. The number of amides is 2. The van der Waals surface area contributed by atoms with Gasteiger partial charge in [0.2, 0.25) is 5.91 Å². The molecule has 7 heteroatoms. The van der Waals surface area contributed by atoms with Crippen molar-refractivity contribution >= 4 is 40.6 Å². The number of benzene rings is 1.